The monoisotopic (exact) mass is 165 g/mol. The van der Waals surface area contributed by atoms with Crippen LogP contribution in [0.5, 0.6) is 0 Å². The molecule has 0 radical (unpaired) electrons. The summed E-state index contributed by atoms with van der Waals surface area (Å²) in [6, 6.07) is 0. The Bertz CT molecular complexity index is 201. The lowest BCUT2D eigenvalue weighted by molar-refractivity contribution is 0.314. The summed E-state index contributed by atoms with van der Waals surface area (Å²) in [5.74, 6) is 0.562. The van der Waals surface area contributed by atoms with E-state index in [4.69, 9.17) is 0 Å². The zero-order valence-electron chi connectivity index (χ0n) is 8.54. The molecule has 1 nitrogen and oxygen atoms in total. The SMILES string of the molecule is CC1/C=C\N(C)CC(C)(C)/C=C\1. The van der Waals surface area contributed by atoms with Crippen molar-refractivity contribution in [2.75, 3.05) is 13.6 Å². The lowest BCUT2D eigenvalue weighted by Gasteiger charge is -2.28. The van der Waals surface area contributed by atoms with Gasteiger partial charge in [-0.1, -0.05) is 39.0 Å². The van der Waals surface area contributed by atoms with Crippen LogP contribution in [0.1, 0.15) is 20.8 Å². The number of hydrogen-bond acceptors (Lipinski definition) is 1. The van der Waals surface area contributed by atoms with E-state index in [2.05, 4.69) is 57.1 Å². The molecule has 0 bridgehead atoms. The zero-order valence-corrected chi connectivity index (χ0v) is 8.54. The Morgan fingerprint density at radius 2 is 2.00 bits per heavy atom. The highest BCUT2D eigenvalue weighted by atomic mass is 15.1. The molecular formula is C11H19N. The summed E-state index contributed by atoms with van der Waals surface area (Å²) in [4.78, 5) is 2.25. The van der Waals surface area contributed by atoms with Gasteiger partial charge in [0.25, 0.3) is 0 Å². The van der Waals surface area contributed by atoms with E-state index in [1.165, 1.54) is 0 Å². The normalized spacial score (nSPS) is 33.7. The van der Waals surface area contributed by atoms with Crippen molar-refractivity contribution in [2.45, 2.75) is 20.8 Å². The van der Waals surface area contributed by atoms with Crippen molar-refractivity contribution in [1.82, 2.24) is 4.90 Å². The average Bonchev–Trinajstić information content (AvgIpc) is 1.95. The van der Waals surface area contributed by atoms with Gasteiger partial charge in [0.1, 0.15) is 0 Å². The molecule has 0 aromatic carbocycles. The summed E-state index contributed by atoms with van der Waals surface area (Å²) in [5.41, 5.74) is 0.299. The fourth-order valence-corrected chi connectivity index (χ4v) is 1.51. The lowest BCUT2D eigenvalue weighted by Crippen LogP contribution is -2.27. The van der Waals surface area contributed by atoms with Gasteiger partial charge in [-0.2, -0.15) is 0 Å². The minimum atomic E-state index is 0.299. The van der Waals surface area contributed by atoms with E-state index in [0.717, 1.165) is 6.54 Å². The van der Waals surface area contributed by atoms with E-state index in [-0.39, 0.29) is 0 Å². The summed E-state index contributed by atoms with van der Waals surface area (Å²) in [6.07, 6.45) is 9.00. The quantitative estimate of drug-likeness (QED) is 0.499. The topological polar surface area (TPSA) is 3.24 Å². The van der Waals surface area contributed by atoms with E-state index in [0.29, 0.717) is 11.3 Å². The number of allylic oxidation sites excluding steroid dienone is 2. The molecule has 0 aromatic rings. The van der Waals surface area contributed by atoms with Crippen LogP contribution in [0.15, 0.2) is 24.4 Å². The van der Waals surface area contributed by atoms with Crippen molar-refractivity contribution in [3.63, 3.8) is 0 Å². The first-order chi connectivity index (χ1) is 5.49. The van der Waals surface area contributed by atoms with Crippen LogP contribution in [0.4, 0.5) is 0 Å². The molecule has 0 amide bonds. The largest absolute Gasteiger partial charge is 0.380 e. The second kappa shape index (κ2) is 3.34. The number of rotatable bonds is 0. The molecule has 12 heavy (non-hydrogen) atoms. The molecule has 0 fully saturated rings. The highest BCUT2D eigenvalue weighted by molar-refractivity contribution is 5.06. The Kier molecular flexibility index (Phi) is 2.61. The molecule has 68 valence electrons. The van der Waals surface area contributed by atoms with Gasteiger partial charge in [0.2, 0.25) is 0 Å². The number of nitrogens with zero attached hydrogens (tertiary/aromatic N) is 1. The zero-order chi connectivity index (χ0) is 9.19. The van der Waals surface area contributed by atoms with Crippen molar-refractivity contribution in [3.8, 4) is 0 Å². The average molecular weight is 165 g/mol. The molecule has 1 unspecified atom stereocenters. The molecule has 1 aliphatic heterocycles. The Labute approximate surface area is 75.8 Å². The Hall–Kier alpha value is -0.720. The second-order valence-corrected chi connectivity index (χ2v) is 4.46. The third-order valence-corrected chi connectivity index (χ3v) is 2.15. The molecule has 1 atom stereocenters. The van der Waals surface area contributed by atoms with Crippen LogP contribution in [0, 0.1) is 11.3 Å². The van der Waals surface area contributed by atoms with Crippen LogP contribution in [0.25, 0.3) is 0 Å². The highest BCUT2D eigenvalue weighted by Crippen LogP contribution is 2.21. The second-order valence-electron chi connectivity index (χ2n) is 4.46. The van der Waals surface area contributed by atoms with Gasteiger partial charge >= 0.3 is 0 Å². The van der Waals surface area contributed by atoms with Gasteiger partial charge in [-0.05, 0) is 12.1 Å². The first kappa shape index (κ1) is 9.37. The Morgan fingerprint density at radius 3 is 2.67 bits per heavy atom. The first-order valence-electron chi connectivity index (χ1n) is 4.57. The summed E-state index contributed by atoms with van der Waals surface area (Å²) >= 11 is 0. The summed E-state index contributed by atoms with van der Waals surface area (Å²) in [5, 5.41) is 0. The molecule has 0 aromatic heterocycles. The fourth-order valence-electron chi connectivity index (χ4n) is 1.51. The van der Waals surface area contributed by atoms with Crippen LogP contribution in [-0.4, -0.2) is 18.5 Å². The van der Waals surface area contributed by atoms with E-state index in [1.54, 1.807) is 0 Å². The van der Waals surface area contributed by atoms with Crippen LogP contribution in [0.3, 0.4) is 0 Å². The van der Waals surface area contributed by atoms with Gasteiger partial charge in [0, 0.05) is 19.0 Å². The van der Waals surface area contributed by atoms with Crippen molar-refractivity contribution in [3.05, 3.63) is 24.4 Å². The van der Waals surface area contributed by atoms with E-state index in [9.17, 15) is 0 Å². The van der Waals surface area contributed by atoms with Gasteiger partial charge in [-0.25, -0.2) is 0 Å². The Morgan fingerprint density at radius 1 is 1.33 bits per heavy atom. The molecule has 1 heterocycles. The van der Waals surface area contributed by atoms with Gasteiger partial charge in [-0.15, -0.1) is 0 Å². The van der Waals surface area contributed by atoms with Crippen LogP contribution in [0.2, 0.25) is 0 Å². The molecule has 1 rings (SSSR count). The first-order valence-corrected chi connectivity index (χ1v) is 4.57. The molecule has 0 saturated heterocycles. The van der Waals surface area contributed by atoms with Crippen molar-refractivity contribution >= 4 is 0 Å². The standard InChI is InChI=1S/C11H19N/c1-10-5-7-11(2,3)9-12(4)8-6-10/h5-8,10H,9H2,1-4H3/b7-5-,8-6-. The Balaban J connectivity index is 2.76. The van der Waals surface area contributed by atoms with Crippen molar-refractivity contribution in [2.24, 2.45) is 11.3 Å². The molecule has 0 N–H and O–H groups in total. The lowest BCUT2D eigenvalue weighted by atomic mass is 9.90. The molecule has 1 aliphatic rings. The van der Waals surface area contributed by atoms with Gasteiger partial charge in [-0.3, -0.25) is 0 Å². The number of hydrogen-bond donors (Lipinski definition) is 0. The maximum Gasteiger partial charge on any atom is 0.0255 e. The molecule has 0 spiro atoms. The predicted octanol–water partition coefficient (Wildman–Crippen LogP) is 2.66. The summed E-state index contributed by atoms with van der Waals surface area (Å²) in [6.45, 7) is 7.84. The smallest absolute Gasteiger partial charge is 0.0255 e. The van der Waals surface area contributed by atoms with Crippen molar-refractivity contribution < 1.29 is 0 Å². The van der Waals surface area contributed by atoms with Gasteiger partial charge < -0.3 is 4.90 Å². The maximum atomic E-state index is 2.32. The van der Waals surface area contributed by atoms with Crippen LogP contribution in [-0.2, 0) is 0 Å². The molecular weight excluding hydrogens is 146 g/mol. The fraction of sp³-hybridized carbons (Fsp3) is 0.636. The van der Waals surface area contributed by atoms with Crippen molar-refractivity contribution in [1.29, 1.82) is 0 Å². The van der Waals surface area contributed by atoms with Crippen LogP contribution >= 0.6 is 0 Å². The summed E-state index contributed by atoms with van der Waals surface area (Å²) in [7, 11) is 2.13. The van der Waals surface area contributed by atoms with Crippen LogP contribution < -0.4 is 0 Å². The van der Waals surface area contributed by atoms with Gasteiger partial charge in [0.05, 0.1) is 0 Å². The highest BCUT2D eigenvalue weighted by Gasteiger charge is 2.16. The predicted molar refractivity (Wildman–Crippen MR) is 53.9 cm³/mol. The van der Waals surface area contributed by atoms with E-state index < -0.39 is 0 Å². The van der Waals surface area contributed by atoms with E-state index >= 15 is 0 Å². The summed E-state index contributed by atoms with van der Waals surface area (Å²) < 4.78 is 0. The molecule has 1 heteroatoms. The maximum absolute atomic E-state index is 2.32. The molecule has 0 saturated carbocycles. The minimum absolute atomic E-state index is 0.299. The minimum Gasteiger partial charge on any atom is -0.380 e. The molecule has 0 aliphatic carbocycles. The third-order valence-electron chi connectivity index (χ3n) is 2.15. The van der Waals surface area contributed by atoms with Gasteiger partial charge in [0.15, 0.2) is 0 Å². The van der Waals surface area contributed by atoms with E-state index in [1.807, 2.05) is 0 Å². The third kappa shape index (κ3) is 2.72.